The molecule has 62 valence electrons. The van der Waals surface area contributed by atoms with Gasteiger partial charge in [-0.25, -0.2) is 15.8 Å². The molecule has 0 radical (unpaired) electrons. The van der Waals surface area contributed by atoms with Gasteiger partial charge in [0.05, 0.1) is 12.5 Å². The van der Waals surface area contributed by atoms with Gasteiger partial charge in [-0.3, -0.25) is 5.43 Å². The van der Waals surface area contributed by atoms with Gasteiger partial charge in [-0.1, -0.05) is 0 Å². The van der Waals surface area contributed by atoms with Crippen LogP contribution < -0.4 is 11.3 Å². The number of hydrogen-bond donors (Lipinski definition) is 2. The fourth-order valence-corrected chi connectivity index (χ4v) is 0.990. The summed E-state index contributed by atoms with van der Waals surface area (Å²) >= 11 is 0. The molecule has 0 spiro atoms. The summed E-state index contributed by atoms with van der Waals surface area (Å²) in [5, 5.41) is 0. The van der Waals surface area contributed by atoms with Crippen LogP contribution in [-0.4, -0.2) is 19.5 Å². The lowest BCUT2D eigenvalue weighted by Crippen LogP contribution is -2.10. The molecule has 3 N–H and O–H groups in total. The Morgan fingerprint density at radius 3 is 3.08 bits per heavy atom. The van der Waals surface area contributed by atoms with Gasteiger partial charge >= 0.3 is 0 Å². The van der Waals surface area contributed by atoms with Crippen molar-refractivity contribution >= 4 is 17.1 Å². The average molecular weight is 164 g/mol. The first-order chi connectivity index (χ1) is 5.81. The molecule has 6 nitrogen and oxygen atoms in total. The van der Waals surface area contributed by atoms with Crippen LogP contribution in [0.5, 0.6) is 0 Å². The van der Waals surface area contributed by atoms with Gasteiger partial charge in [0.1, 0.15) is 5.52 Å². The first-order valence-electron chi connectivity index (χ1n) is 3.42. The predicted octanol–water partition coefficient (Wildman–Crippen LogP) is -0.351. The molecule has 0 amide bonds. The molecule has 0 unspecified atom stereocenters. The van der Waals surface area contributed by atoms with Crippen molar-refractivity contribution in [3.05, 3.63) is 12.5 Å². The number of nitrogens with zero attached hydrogens (tertiary/aromatic N) is 4. The highest BCUT2D eigenvalue weighted by Crippen LogP contribution is 2.08. The maximum Gasteiger partial charge on any atom is 0.239 e. The number of nitrogen functional groups attached to an aromatic ring is 1. The van der Waals surface area contributed by atoms with E-state index in [0.717, 1.165) is 11.2 Å². The summed E-state index contributed by atoms with van der Waals surface area (Å²) in [4.78, 5) is 12.1. The molecule has 2 rings (SSSR count). The topological polar surface area (TPSA) is 81.7 Å². The van der Waals surface area contributed by atoms with Gasteiger partial charge in [-0.15, -0.1) is 0 Å². The zero-order chi connectivity index (χ0) is 8.55. The van der Waals surface area contributed by atoms with Crippen molar-refractivity contribution < 1.29 is 0 Å². The van der Waals surface area contributed by atoms with Crippen LogP contribution in [-0.2, 0) is 7.05 Å². The number of hydrazine groups is 1. The Morgan fingerprint density at radius 2 is 2.33 bits per heavy atom. The Kier molecular flexibility index (Phi) is 1.41. The average Bonchev–Trinajstić information content (AvgIpc) is 2.47. The molecule has 0 saturated heterocycles. The second kappa shape index (κ2) is 2.42. The van der Waals surface area contributed by atoms with E-state index in [0.29, 0.717) is 5.95 Å². The van der Waals surface area contributed by atoms with E-state index in [1.807, 2.05) is 7.05 Å². The highest BCUT2D eigenvalue weighted by atomic mass is 15.3. The van der Waals surface area contributed by atoms with Gasteiger partial charge in [0.25, 0.3) is 0 Å². The molecule has 0 aliphatic heterocycles. The molecule has 6 heteroatoms. The smallest absolute Gasteiger partial charge is 0.239 e. The summed E-state index contributed by atoms with van der Waals surface area (Å²) in [5.41, 5.74) is 3.90. The normalized spacial score (nSPS) is 10.5. The summed E-state index contributed by atoms with van der Waals surface area (Å²) in [7, 11) is 1.86. The Morgan fingerprint density at radius 1 is 1.50 bits per heavy atom. The maximum absolute atomic E-state index is 5.16. The van der Waals surface area contributed by atoms with Crippen LogP contribution in [0.1, 0.15) is 0 Å². The third-order valence-electron chi connectivity index (χ3n) is 1.58. The molecule has 2 aromatic heterocycles. The monoisotopic (exact) mass is 164 g/mol. The van der Waals surface area contributed by atoms with Crippen LogP contribution in [0.4, 0.5) is 5.95 Å². The SMILES string of the molecule is Cn1cnc2cnc(NN)nc21. The van der Waals surface area contributed by atoms with Gasteiger partial charge < -0.3 is 4.57 Å². The van der Waals surface area contributed by atoms with Crippen molar-refractivity contribution in [1.82, 2.24) is 19.5 Å². The zero-order valence-electron chi connectivity index (χ0n) is 6.52. The third kappa shape index (κ3) is 0.892. The lowest BCUT2D eigenvalue weighted by molar-refractivity contribution is 0.927. The van der Waals surface area contributed by atoms with Crippen LogP contribution in [0, 0.1) is 0 Å². The quantitative estimate of drug-likeness (QED) is 0.444. The largest absolute Gasteiger partial charge is 0.318 e. The molecule has 0 atom stereocenters. The summed E-state index contributed by atoms with van der Waals surface area (Å²) in [6.45, 7) is 0. The lowest BCUT2D eigenvalue weighted by atomic mass is 10.5. The first kappa shape index (κ1) is 6.99. The number of imidazole rings is 1. The van der Waals surface area contributed by atoms with E-state index in [1.54, 1.807) is 17.1 Å². The fraction of sp³-hybridized carbons (Fsp3) is 0.167. The highest BCUT2D eigenvalue weighted by Gasteiger charge is 2.01. The fourth-order valence-electron chi connectivity index (χ4n) is 0.990. The van der Waals surface area contributed by atoms with Crippen molar-refractivity contribution in [2.24, 2.45) is 12.9 Å². The number of anilines is 1. The minimum absolute atomic E-state index is 0.395. The summed E-state index contributed by atoms with van der Waals surface area (Å²) in [6.07, 6.45) is 3.30. The van der Waals surface area contributed by atoms with Crippen LogP contribution in [0.2, 0.25) is 0 Å². The molecule has 2 heterocycles. The van der Waals surface area contributed by atoms with Crippen LogP contribution in [0.3, 0.4) is 0 Å². The van der Waals surface area contributed by atoms with Crippen molar-refractivity contribution in [2.75, 3.05) is 5.43 Å². The molecule has 0 bridgehead atoms. The molecule has 0 fully saturated rings. The van der Waals surface area contributed by atoms with Crippen LogP contribution in [0.25, 0.3) is 11.2 Å². The molecular formula is C6H8N6. The zero-order valence-corrected chi connectivity index (χ0v) is 6.52. The van der Waals surface area contributed by atoms with Crippen molar-refractivity contribution in [1.29, 1.82) is 0 Å². The molecule has 2 aromatic rings. The number of rotatable bonds is 1. The number of hydrogen-bond acceptors (Lipinski definition) is 5. The summed E-state index contributed by atoms with van der Waals surface area (Å²) in [6, 6.07) is 0. The maximum atomic E-state index is 5.16. The van der Waals surface area contributed by atoms with Gasteiger partial charge in [0.15, 0.2) is 5.65 Å². The molecular weight excluding hydrogens is 156 g/mol. The van der Waals surface area contributed by atoms with E-state index in [9.17, 15) is 0 Å². The molecule has 12 heavy (non-hydrogen) atoms. The number of nitrogens with two attached hydrogens (primary N) is 1. The molecule has 0 aromatic carbocycles. The second-order valence-corrected chi connectivity index (χ2v) is 2.40. The van der Waals surface area contributed by atoms with E-state index in [4.69, 9.17) is 5.84 Å². The number of fused-ring (bicyclic) bond motifs is 1. The van der Waals surface area contributed by atoms with E-state index < -0.39 is 0 Å². The van der Waals surface area contributed by atoms with E-state index in [-0.39, 0.29) is 0 Å². The number of aryl methyl sites for hydroxylation is 1. The molecule has 0 aliphatic carbocycles. The minimum Gasteiger partial charge on any atom is -0.318 e. The molecule has 0 saturated carbocycles. The minimum atomic E-state index is 0.395. The molecule has 0 aliphatic rings. The third-order valence-corrected chi connectivity index (χ3v) is 1.58. The second-order valence-electron chi connectivity index (χ2n) is 2.40. The van der Waals surface area contributed by atoms with Gasteiger partial charge in [-0.2, -0.15) is 4.98 Å². The van der Waals surface area contributed by atoms with Crippen molar-refractivity contribution in [2.45, 2.75) is 0 Å². The van der Waals surface area contributed by atoms with Crippen molar-refractivity contribution in [3.63, 3.8) is 0 Å². The Bertz CT molecular complexity index is 405. The van der Waals surface area contributed by atoms with Gasteiger partial charge in [0, 0.05) is 7.05 Å². The highest BCUT2D eigenvalue weighted by molar-refractivity contribution is 5.70. The Labute approximate surface area is 68.4 Å². The summed E-state index contributed by atoms with van der Waals surface area (Å²) < 4.78 is 1.80. The Hall–Kier alpha value is -1.69. The number of aromatic nitrogens is 4. The van der Waals surface area contributed by atoms with Gasteiger partial charge in [0.2, 0.25) is 5.95 Å². The van der Waals surface area contributed by atoms with E-state index in [2.05, 4.69) is 20.4 Å². The standard InChI is InChI=1S/C6H8N6/c1-12-3-9-4-2-8-6(11-7)10-5(4)12/h2-3H,7H2,1H3,(H,8,10,11). The number of nitrogens with one attached hydrogen (secondary N) is 1. The van der Waals surface area contributed by atoms with Gasteiger partial charge in [-0.05, 0) is 0 Å². The van der Waals surface area contributed by atoms with E-state index in [1.165, 1.54) is 0 Å². The van der Waals surface area contributed by atoms with E-state index >= 15 is 0 Å². The van der Waals surface area contributed by atoms with Crippen molar-refractivity contribution in [3.8, 4) is 0 Å². The van der Waals surface area contributed by atoms with Crippen LogP contribution >= 0.6 is 0 Å². The first-order valence-corrected chi connectivity index (χ1v) is 3.42. The summed E-state index contributed by atoms with van der Waals surface area (Å²) in [5.74, 6) is 5.55. The lowest BCUT2D eigenvalue weighted by Gasteiger charge is -1.97. The predicted molar refractivity (Wildman–Crippen MR) is 44.1 cm³/mol. The van der Waals surface area contributed by atoms with Crippen LogP contribution in [0.15, 0.2) is 12.5 Å². The Balaban J connectivity index is 2.71.